The van der Waals surface area contributed by atoms with Gasteiger partial charge < -0.3 is 14.2 Å². The normalized spacial score (nSPS) is 25.9. The van der Waals surface area contributed by atoms with Crippen LogP contribution in [0.2, 0.25) is 0 Å². The summed E-state index contributed by atoms with van der Waals surface area (Å²) in [4.78, 5) is 13.0. The lowest BCUT2D eigenvalue weighted by Gasteiger charge is -2.50. The van der Waals surface area contributed by atoms with Crippen LogP contribution in [0.3, 0.4) is 0 Å². The van der Waals surface area contributed by atoms with Gasteiger partial charge in [0.25, 0.3) is 0 Å². The van der Waals surface area contributed by atoms with Gasteiger partial charge >= 0.3 is 5.97 Å². The number of ether oxygens (including phenoxy) is 3. The van der Waals surface area contributed by atoms with Crippen molar-refractivity contribution in [1.29, 1.82) is 0 Å². The highest BCUT2D eigenvalue weighted by Crippen LogP contribution is 2.49. The van der Waals surface area contributed by atoms with Crippen molar-refractivity contribution in [3.63, 3.8) is 0 Å². The second-order valence-corrected chi connectivity index (χ2v) is 8.36. The SMILES string of the molecule is C=CCC1(C(=O)OC)CN(S(=O)(=O)c2ccccc2)CCC12OCCO2. The first-order chi connectivity index (χ1) is 12.4. The molecule has 2 heterocycles. The van der Waals surface area contributed by atoms with Gasteiger partial charge in [0.1, 0.15) is 5.41 Å². The molecule has 3 rings (SSSR count). The van der Waals surface area contributed by atoms with E-state index in [9.17, 15) is 13.2 Å². The number of esters is 1. The minimum Gasteiger partial charge on any atom is -0.468 e. The van der Waals surface area contributed by atoms with Crippen LogP contribution in [-0.4, -0.2) is 57.9 Å². The molecule has 26 heavy (non-hydrogen) atoms. The number of methoxy groups -OCH3 is 1. The summed E-state index contributed by atoms with van der Waals surface area (Å²) >= 11 is 0. The first-order valence-corrected chi connectivity index (χ1v) is 9.88. The van der Waals surface area contributed by atoms with Gasteiger partial charge in [-0.05, 0) is 18.6 Å². The molecular weight excluding hydrogens is 358 g/mol. The number of carbonyl (C=O) groups excluding carboxylic acids is 1. The van der Waals surface area contributed by atoms with Crippen LogP contribution >= 0.6 is 0 Å². The van der Waals surface area contributed by atoms with E-state index in [1.54, 1.807) is 24.3 Å². The number of carbonyl (C=O) groups is 1. The molecular formula is C18H23NO6S. The predicted molar refractivity (Wildman–Crippen MR) is 93.7 cm³/mol. The van der Waals surface area contributed by atoms with Crippen LogP contribution < -0.4 is 0 Å². The molecule has 2 aliphatic rings. The summed E-state index contributed by atoms with van der Waals surface area (Å²) in [6.45, 7) is 4.52. The Morgan fingerprint density at radius 3 is 2.54 bits per heavy atom. The maximum absolute atomic E-state index is 13.1. The summed E-state index contributed by atoms with van der Waals surface area (Å²) in [7, 11) is -2.48. The van der Waals surface area contributed by atoms with Crippen molar-refractivity contribution in [3.05, 3.63) is 43.0 Å². The molecule has 0 aromatic heterocycles. The summed E-state index contributed by atoms with van der Waals surface area (Å²) in [5.74, 6) is -1.76. The summed E-state index contributed by atoms with van der Waals surface area (Å²) in [6.07, 6.45) is 1.99. The van der Waals surface area contributed by atoms with Crippen molar-refractivity contribution in [1.82, 2.24) is 4.31 Å². The van der Waals surface area contributed by atoms with Gasteiger partial charge in [0.2, 0.25) is 10.0 Å². The number of nitrogens with zero attached hydrogens (tertiary/aromatic N) is 1. The van der Waals surface area contributed by atoms with Gasteiger partial charge in [-0.1, -0.05) is 24.3 Å². The number of hydrogen-bond donors (Lipinski definition) is 0. The summed E-state index contributed by atoms with van der Waals surface area (Å²) in [5.41, 5.74) is -1.31. The van der Waals surface area contributed by atoms with E-state index in [2.05, 4.69) is 6.58 Å². The number of piperidine rings is 1. The highest BCUT2D eigenvalue weighted by molar-refractivity contribution is 7.89. The number of allylic oxidation sites excluding steroid dienone is 1. The molecule has 7 nitrogen and oxygen atoms in total. The third-order valence-electron chi connectivity index (χ3n) is 5.07. The Kier molecular flexibility index (Phi) is 5.21. The smallest absolute Gasteiger partial charge is 0.319 e. The van der Waals surface area contributed by atoms with Gasteiger partial charge in [0, 0.05) is 19.5 Å². The molecule has 0 radical (unpaired) electrons. The minimum absolute atomic E-state index is 0.0943. The molecule has 1 spiro atoms. The highest BCUT2D eigenvalue weighted by Gasteiger charge is 2.64. The van der Waals surface area contributed by atoms with Gasteiger partial charge in [-0.2, -0.15) is 4.31 Å². The van der Waals surface area contributed by atoms with Crippen molar-refractivity contribution in [2.45, 2.75) is 23.5 Å². The molecule has 8 heteroatoms. The molecule has 142 valence electrons. The van der Waals surface area contributed by atoms with Crippen LogP contribution in [0, 0.1) is 5.41 Å². The van der Waals surface area contributed by atoms with Crippen LogP contribution in [0.1, 0.15) is 12.8 Å². The number of rotatable bonds is 5. The molecule has 0 saturated carbocycles. The zero-order valence-electron chi connectivity index (χ0n) is 14.7. The fourth-order valence-electron chi connectivity index (χ4n) is 3.80. The third kappa shape index (κ3) is 2.87. The van der Waals surface area contributed by atoms with E-state index in [0.717, 1.165) is 0 Å². The molecule has 0 amide bonds. The maximum atomic E-state index is 13.1. The molecule has 0 bridgehead atoms. The van der Waals surface area contributed by atoms with E-state index in [1.807, 2.05) is 0 Å². The molecule has 2 fully saturated rings. The first kappa shape index (κ1) is 19.0. The van der Waals surface area contributed by atoms with E-state index in [-0.39, 0.29) is 30.8 Å². The van der Waals surface area contributed by atoms with Gasteiger partial charge in [-0.15, -0.1) is 6.58 Å². The number of hydrogen-bond acceptors (Lipinski definition) is 6. The lowest BCUT2D eigenvalue weighted by molar-refractivity contribution is -0.259. The van der Waals surface area contributed by atoms with Crippen LogP contribution in [0.15, 0.2) is 47.9 Å². The Morgan fingerprint density at radius 1 is 1.31 bits per heavy atom. The van der Waals surface area contributed by atoms with E-state index in [0.29, 0.717) is 13.2 Å². The van der Waals surface area contributed by atoms with Crippen molar-refractivity contribution in [2.75, 3.05) is 33.4 Å². The Labute approximate surface area is 153 Å². The molecule has 1 aromatic rings. The lowest BCUT2D eigenvalue weighted by atomic mass is 9.72. The second kappa shape index (κ2) is 7.11. The summed E-state index contributed by atoms with van der Waals surface area (Å²) in [5, 5.41) is 0. The zero-order chi connectivity index (χ0) is 18.8. The molecule has 2 aliphatic heterocycles. The van der Waals surface area contributed by atoms with Crippen LogP contribution in [0.5, 0.6) is 0 Å². The van der Waals surface area contributed by atoms with E-state index in [1.165, 1.54) is 23.5 Å². The van der Waals surface area contributed by atoms with E-state index in [4.69, 9.17) is 14.2 Å². The van der Waals surface area contributed by atoms with Crippen molar-refractivity contribution in [2.24, 2.45) is 5.41 Å². The zero-order valence-corrected chi connectivity index (χ0v) is 15.5. The Balaban J connectivity index is 2.03. The van der Waals surface area contributed by atoms with Gasteiger partial charge in [-0.3, -0.25) is 4.79 Å². The Bertz CT molecular complexity index is 772. The van der Waals surface area contributed by atoms with Crippen LogP contribution in [-0.2, 0) is 29.0 Å². The monoisotopic (exact) mass is 381 g/mol. The van der Waals surface area contributed by atoms with Crippen LogP contribution in [0.4, 0.5) is 0 Å². The standard InChI is InChI=1S/C18H23NO6S/c1-3-9-17(16(20)23-2)14-19(11-10-18(17)24-12-13-25-18)26(21,22)15-7-5-4-6-8-15/h3-8H,1,9-14H2,2H3. The molecule has 1 atom stereocenters. The molecule has 1 unspecified atom stereocenters. The quantitative estimate of drug-likeness (QED) is 0.569. The lowest BCUT2D eigenvalue weighted by Crippen LogP contribution is -2.65. The fraction of sp³-hybridized carbons (Fsp3) is 0.500. The summed E-state index contributed by atoms with van der Waals surface area (Å²) < 4.78 is 44.1. The molecule has 0 aliphatic carbocycles. The number of benzene rings is 1. The van der Waals surface area contributed by atoms with Crippen LogP contribution in [0.25, 0.3) is 0 Å². The first-order valence-electron chi connectivity index (χ1n) is 8.44. The van der Waals surface area contributed by atoms with Crippen molar-refractivity contribution < 1.29 is 27.4 Å². The van der Waals surface area contributed by atoms with E-state index >= 15 is 0 Å². The maximum Gasteiger partial charge on any atom is 0.319 e. The topological polar surface area (TPSA) is 82.1 Å². The molecule has 2 saturated heterocycles. The number of sulfonamides is 1. The van der Waals surface area contributed by atoms with Gasteiger partial charge in [0.15, 0.2) is 5.79 Å². The molecule has 0 N–H and O–H groups in total. The van der Waals surface area contributed by atoms with Gasteiger partial charge in [0.05, 0.1) is 25.2 Å². The average Bonchev–Trinajstić information content (AvgIpc) is 3.13. The van der Waals surface area contributed by atoms with Crippen molar-refractivity contribution >= 4 is 16.0 Å². The average molecular weight is 381 g/mol. The van der Waals surface area contributed by atoms with E-state index < -0.39 is 27.2 Å². The molecule has 1 aromatic carbocycles. The highest BCUT2D eigenvalue weighted by atomic mass is 32.2. The Hall–Kier alpha value is -1.74. The predicted octanol–water partition coefficient (Wildman–Crippen LogP) is 1.56. The third-order valence-corrected chi connectivity index (χ3v) is 6.93. The summed E-state index contributed by atoms with van der Waals surface area (Å²) in [6, 6.07) is 8.16. The fourth-order valence-corrected chi connectivity index (χ4v) is 5.32. The van der Waals surface area contributed by atoms with Gasteiger partial charge in [-0.25, -0.2) is 8.42 Å². The van der Waals surface area contributed by atoms with Crippen molar-refractivity contribution in [3.8, 4) is 0 Å². The second-order valence-electron chi connectivity index (χ2n) is 6.42. The minimum atomic E-state index is -3.76. The largest absolute Gasteiger partial charge is 0.468 e. The Morgan fingerprint density at radius 2 is 1.96 bits per heavy atom.